The van der Waals surface area contributed by atoms with Crippen LogP contribution in [0, 0.1) is 23.7 Å². The number of carbonyl (C=O) groups excluding carboxylic acids is 1. The highest BCUT2D eigenvalue weighted by Crippen LogP contribution is 2.45. The predicted octanol–water partition coefficient (Wildman–Crippen LogP) is 4.16. The minimum Gasteiger partial charge on any atom is -0.481 e. The van der Waals surface area contributed by atoms with Crippen LogP contribution in [0.5, 0.6) is 0 Å². The van der Waals surface area contributed by atoms with Gasteiger partial charge in [0.25, 0.3) is 0 Å². The summed E-state index contributed by atoms with van der Waals surface area (Å²) in [5, 5.41) is 9.05. The first-order valence-corrected chi connectivity index (χ1v) is 8.08. The number of hydrogen-bond donors (Lipinski definition) is 1. The van der Waals surface area contributed by atoms with E-state index in [0.29, 0.717) is 12.3 Å². The average Bonchev–Trinajstić information content (AvgIpc) is 2.49. The van der Waals surface area contributed by atoms with E-state index in [-0.39, 0.29) is 24.0 Å². The second-order valence-electron chi connectivity index (χ2n) is 6.82. The Balaban J connectivity index is 2.32. The monoisotopic (exact) mass is 302 g/mol. The van der Waals surface area contributed by atoms with Crippen molar-refractivity contribution in [2.45, 2.75) is 47.5 Å². The molecule has 0 saturated heterocycles. The molecule has 0 spiro atoms. The quantitative estimate of drug-likeness (QED) is 0.793. The van der Waals surface area contributed by atoms with Crippen molar-refractivity contribution >= 4 is 11.8 Å². The molecule has 0 aromatic heterocycles. The summed E-state index contributed by atoms with van der Waals surface area (Å²) in [6.07, 6.45) is 5.06. The van der Waals surface area contributed by atoms with Crippen molar-refractivity contribution in [2.24, 2.45) is 23.7 Å². The zero-order valence-corrected chi connectivity index (χ0v) is 14.1. The number of allylic oxidation sites excluding steroid dienone is 6. The normalized spacial score (nSPS) is 29.4. The second kappa shape index (κ2) is 6.23. The molecule has 0 aromatic carbocycles. The number of aliphatic carboxylic acids is 1. The Bertz CT molecular complexity index is 592. The summed E-state index contributed by atoms with van der Waals surface area (Å²) in [4.78, 5) is 23.7. The van der Waals surface area contributed by atoms with Gasteiger partial charge in [-0.2, -0.15) is 0 Å². The molecule has 1 N–H and O–H groups in total. The van der Waals surface area contributed by atoms with E-state index in [1.165, 1.54) is 22.3 Å². The lowest BCUT2D eigenvalue weighted by atomic mass is 9.66. The van der Waals surface area contributed by atoms with Gasteiger partial charge in [0, 0.05) is 18.3 Å². The molecule has 2 aliphatic carbocycles. The van der Waals surface area contributed by atoms with Gasteiger partial charge in [0.15, 0.2) is 0 Å². The highest BCUT2D eigenvalue weighted by Gasteiger charge is 2.36. The van der Waals surface area contributed by atoms with Gasteiger partial charge in [-0.3, -0.25) is 9.59 Å². The fourth-order valence-corrected chi connectivity index (χ4v) is 3.69. The molecular weight excluding hydrogens is 276 g/mol. The molecule has 0 fully saturated rings. The second-order valence-corrected chi connectivity index (χ2v) is 6.82. The summed E-state index contributed by atoms with van der Waals surface area (Å²) in [7, 11) is 0. The lowest BCUT2D eigenvalue weighted by Crippen LogP contribution is -2.30. The van der Waals surface area contributed by atoms with E-state index in [4.69, 9.17) is 5.11 Å². The van der Waals surface area contributed by atoms with Crippen LogP contribution >= 0.6 is 0 Å². The summed E-state index contributed by atoms with van der Waals surface area (Å²) in [5.41, 5.74) is 5.23. The standard InChI is InChI=1S/C19H26O3/c1-10(19(21)22)9-17(20)16-8-6-7-15-13(4)11(2)12(3)14(5)18(15)16/h6-7,10,13-14,16H,8-9H2,1-5H3,(H,21,22). The molecule has 22 heavy (non-hydrogen) atoms. The van der Waals surface area contributed by atoms with Crippen molar-refractivity contribution in [3.8, 4) is 0 Å². The van der Waals surface area contributed by atoms with Crippen LogP contribution in [0.3, 0.4) is 0 Å². The third-order valence-electron chi connectivity index (χ3n) is 5.55. The van der Waals surface area contributed by atoms with Crippen molar-refractivity contribution in [1.29, 1.82) is 0 Å². The van der Waals surface area contributed by atoms with E-state index in [2.05, 4.69) is 39.8 Å². The van der Waals surface area contributed by atoms with Crippen LogP contribution in [0.1, 0.15) is 47.5 Å². The maximum absolute atomic E-state index is 12.7. The molecule has 0 bridgehead atoms. The molecule has 2 aliphatic rings. The zero-order chi connectivity index (χ0) is 16.6. The highest BCUT2D eigenvalue weighted by molar-refractivity contribution is 5.88. The number of ketones is 1. The van der Waals surface area contributed by atoms with Gasteiger partial charge < -0.3 is 5.11 Å². The van der Waals surface area contributed by atoms with Crippen LogP contribution in [-0.4, -0.2) is 16.9 Å². The van der Waals surface area contributed by atoms with E-state index >= 15 is 0 Å². The molecule has 3 heteroatoms. The summed E-state index contributed by atoms with van der Waals surface area (Å²) in [5.74, 6) is -0.983. The number of rotatable bonds is 4. The fraction of sp³-hybridized carbons (Fsp3) is 0.579. The third-order valence-corrected chi connectivity index (χ3v) is 5.55. The van der Waals surface area contributed by atoms with E-state index in [1.807, 2.05) is 0 Å². The molecular formula is C19H26O3. The summed E-state index contributed by atoms with van der Waals surface area (Å²) < 4.78 is 0. The Kier molecular flexibility index (Phi) is 4.74. The van der Waals surface area contributed by atoms with E-state index < -0.39 is 11.9 Å². The number of carboxylic acid groups (broad SMARTS) is 1. The van der Waals surface area contributed by atoms with Crippen LogP contribution in [0.25, 0.3) is 0 Å². The lowest BCUT2D eigenvalue weighted by Gasteiger charge is -2.37. The van der Waals surface area contributed by atoms with Crippen molar-refractivity contribution in [3.05, 3.63) is 34.4 Å². The van der Waals surface area contributed by atoms with Crippen molar-refractivity contribution in [1.82, 2.24) is 0 Å². The molecule has 4 atom stereocenters. The van der Waals surface area contributed by atoms with Gasteiger partial charge in [-0.15, -0.1) is 0 Å². The van der Waals surface area contributed by atoms with Gasteiger partial charge in [-0.25, -0.2) is 0 Å². The molecule has 0 saturated carbocycles. The first-order chi connectivity index (χ1) is 10.3. The third kappa shape index (κ3) is 2.81. The van der Waals surface area contributed by atoms with Gasteiger partial charge >= 0.3 is 5.97 Å². The molecule has 0 aromatic rings. The van der Waals surface area contributed by atoms with Crippen LogP contribution < -0.4 is 0 Å². The summed E-state index contributed by atoms with van der Waals surface area (Å²) in [6.45, 7) is 10.3. The Morgan fingerprint density at radius 3 is 2.41 bits per heavy atom. The smallest absolute Gasteiger partial charge is 0.306 e. The van der Waals surface area contributed by atoms with E-state index in [0.717, 1.165) is 0 Å². The van der Waals surface area contributed by atoms with Crippen molar-refractivity contribution in [3.63, 3.8) is 0 Å². The number of carboxylic acids is 1. The number of Topliss-reactive ketones (excluding diaryl/α,β-unsaturated/α-hetero) is 1. The topological polar surface area (TPSA) is 54.4 Å². The largest absolute Gasteiger partial charge is 0.481 e. The molecule has 0 aliphatic heterocycles. The van der Waals surface area contributed by atoms with Crippen molar-refractivity contribution < 1.29 is 14.7 Å². The molecule has 0 heterocycles. The summed E-state index contributed by atoms with van der Waals surface area (Å²) >= 11 is 0. The predicted molar refractivity (Wildman–Crippen MR) is 87.4 cm³/mol. The zero-order valence-electron chi connectivity index (χ0n) is 14.1. The Morgan fingerprint density at radius 1 is 1.23 bits per heavy atom. The van der Waals surface area contributed by atoms with Crippen LogP contribution in [0.2, 0.25) is 0 Å². The first-order valence-electron chi connectivity index (χ1n) is 8.08. The molecule has 120 valence electrons. The number of hydrogen-bond acceptors (Lipinski definition) is 2. The Morgan fingerprint density at radius 2 is 1.82 bits per heavy atom. The van der Waals surface area contributed by atoms with E-state index in [1.54, 1.807) is 6.92 Å². The molecule has 3 nitrogen and oxygen atoms in total. The first kappa shape index (κ1) is 16.7. The molecule has 0 radical (unpaired) electrons. The number of carbonyl (C=O) groups is 2. The van der Waals surface area contributed by atoms with Crippen molar-refractivity contribution in [2.75, 3.05) is 0 Å². The molecule has 2 rings (SSSR count). The SMILES string of the molecule is CC1=C(C)C(C)C2=C(C=CCC2C(=O)CC(C)C(=O)O)C1C. The van der Waals surface area contributed by atoms with Gasteiger partial charge in [0.2, 0.25) is 0 Å². The fourth-order valence-electron chi connectivity index (χ4n) is 3.69. The van der Waals surface area contributed by atoms with Gasteiger partial charge in [-0.05, 0) is 37.3 Å². The van der Waals surface area contributed by atoms with Crippen LogP contribution in [-0.2, 0) is 9.59 Å². The van der Waals surface area contributed by atoms with Crippen LogP contribution in [0.4, 0.5) is 0 Å². The minimum absolute atomic E-state index is 0.0677. The maximum atomic E-state index is 12.7. The average molecular weight is 302 g/mol. The Labute approximate surface area is 132 Å². The molecule has 4 unspecified atom stereocenters. The highest BCUT2D eigenvalue weighted by atomic mass is 16.4. The molecule has 0 amide bonds. The van der Waals surface area contributed by atoms with Crippen LogP contribution in [0.15, 0.2) is 34.4 Å². The maximum Gasteiger partial charge on any atom is 0.306 e. The van der Waals surface area contributed by atoms with Gasteiger partial charge in [0.05, 0.1) is 5.92 Å². The van der Waals surface area contributed by atoms with Gasteiger partial charge in [0.1, 0.15) is 5.78 Å². The Hall–Kier alpha value is -1.64. The summed E-state index contributed by atoms with van der Waals surface area (Å²) in [6, 6.07) is 0. The van der Waals surface area contributed by atoms with Gasteiger partial charge in [-0.1, -0.05) is 44.1 Å². The minimum atomic E-state index is -0.897. The lowest BCUT2D eigenvalue weighted by molar-refractivity contribution is -0.143. The van der Waals surface area contributed by atoms with E-state index in [9.17, 15) is 9.59 Å².